The lowest BCUT2D eigenvalue weighted by Crippen LogP contribution is -2.50. The molecule has 1 aromatic carbocycles. The highest BCUT2D eigenvalue weighted by atomic mass is 35.5. The fourth-order valence-corrected chi connectivity index (χ4v) is 5.24. The summed E-state index contributed by atoms with van der Waals surface area (Å²) in [6.07, 6.45) is 8.16. The van der Waals surface area contributed by atoms with Gasteiger partial charge in [0, 0.05) is 43.0 Å². The van der Waals surface area contributed by atoms with Crippen molar-refractivity contribution in [2.24, 2.45) is 5.92 Å². The molecule has 4 rings (SSSR count). The van der Waals surface area contributed by atoms with Crippen LogP contribution in [0, 0.1) is 5.92 Å². The van der Waals surface area contributed by atoms with Gasteiger partial charge >= 0.3 is 0 Å². The Labute approximate surface area is 198 Å². The minimum Gasteiger partial charge on any atom is -0.486 e. The lowest BCUT2D eigenvalue weighted by Gasteiger charge is -2.35. The topological polar surface area (TPSA) is 62.7 Å². The first-order chi connectivity index (χ1) is 15.6. The van der Waals surface area contributed by atoms with Gasteiger partial charge in [0.25, 0.3) is 5.91 Å². The van der Waals surface area contributed by atoms with E-state index in [1.54, 1.807) is 34.5 Å². The van der Waals surface area contributed by atoms with Crippen molar-refractivity contribution in [1.29, 1.82) is 0 Å². The number of thiazole rings is 1. The molecule has 0 N–H and O–H groups in total. The second-order valence-electron chi connectivity index (χ2n) is 8.58. The van der Waals surface area contributed by atoms with Crippen molar-refractivity contribution in [1.82, 2.24) is 14.8 Å². The summed E-state index contributed by atoms with van der Waals surface area (Å²) in [4.78, 5) is 33.6. The highest BCUT2D eigenvalue weighted by Gasteiger charge is 2.26. The van der Waals surface area contributed by atoms with Crippen molar-refractivity contribution < 1.29 is 14.3 Å². The number of aromatic nitrogens is 1. The normalized spacial score (nSPS) is 17.4. The van der Waals surface area contributed by atoms with Crippen LogP contribution in [0.2, 0.25) is 5.02 Å². The summed E-state index contributed by atoms with van der Waals surface area (Å²) in [5, 5.41) is 3.19. The lowest BCUT2D eigenvalue weighted by atomic mass is 9.86. The number of benzene rings is 1. The molecule has 1 aliphatic heterocycles. The van der Waals surface area contributed by atoms with Gasteiger partial charge in [-0.2, -0.15) is 0 Å². The summed E-state index contributed by atoms with van der Waals surface area (Å²) in [5.74, 6) is 1.59. The van der Waals surface area contributed by atoms with Gasteiger partial charge < -0.3 is 14.5 Å². The van der Waals surface area contributed by atoms with Crippen molar-refractivity contribution >= 4 is 34.8 Å². The first kappa shape index (κ1) is 23.1. The Morgan fingerprint density at radius 1 is 1.03 bits per heavy atom. The maximum Gasteiger partial charge on any atom is 0.273 e. The number of ether oxygens (including phenoxy) is 1. The third-order valence-corrected chi connectivity index (χ3v) is 7.43. The molecule has 1 saturated carbocycles. The van der Waals surface area contributed by atoms with Crippen LogP contribution in [0.25, 0.3) is 0 Å². The van der Waals surface area contributed by atoms with Gasteiger partial charge in [-0.1, -0.05) is 43.7 Å². The van der Waals surface area contributed by atoms with Gasteiger partial charge in [0.1, 0.15) is 23.1 Å². The minimum atomic E-state index is -0.0757. The molecule has 2 amide bonds. The molecule has 32 heavy (non-hydrogen) atoms. The van der Waals surface area contributed by atoms with Crippen LogP contribution >= 0.6 is 22.9 Å². The van der Waals surface area contributed by atoms with Gasteiger partial charge in [0.2, 0.25) is 5.91 Å². The second-order valence-corrected chi connectivity index (χ2v) is 9.96. The molecule has 1 aliphatic carbocycles. The number of carbonyl (C=O) groups is 2. The van der Waals surface area contributed by atoms with E-state index >= 15 is 0 Å². The van der Waals surface area contributed by atoms with Crippen LogP contribution in [0.1, 0.15) is 60.4 Å². The van der Waals surface area contributed by atoms with E-state index in [1.807, 2.05) is 4.90 Å². The summed E-state index contributed by atoms with van der Waals surface area (Å²) in [5.41, 5.74) is 0.446. The molecule has 6 nitrogen and oxygen atoms in total. The Bertz CT molecular complexity index is 903. The van der Waals surface area contributed by atoms with Gasteiger partial charge in [0.15, 0.2) is 0 Å². The summed E-state index contributed by atoms with van der Waals surface area (Å²) in [7, 11) is 0. The highest BCUT2D eigenvalue weighted by molar-refractivity contribution is 7.09. The second kappa shape index (κ2) is 11.1. The number of rotatable bonds is 7. The number of hydrogen-bond acceptors (Lipinski definition) is 5. The van der Waals surface area contributed by atoms with Gasteiger partial charge in [-0.25, -0.2) is 4.98 Å². The molecular weight excluding hydrogens is 446 g/mol. The molecule has 1 saturated heterocycles. The quantitative estimate of drug-likeness (QED) is 0.564. The molecule has 0 spiro atoms. The Kier molecular flexibility index (Phi) is 8.03. The van der Waals surface area contributed by atoms with Crippen molar-refractivity contribution in [3.8, 4) is 5.75 Å². The molecule has 0 atom stereocenters. The van der Waals surface area contributed by atoms with Crippen LogP contribution in [-0.4, -0.2) is 52.8 Å². The maximum absolute atomic E-state index is 12.8. The number of carbonyl (C=O) groups excluding carboxylic acids is 2. The van der Waals surface area contributed by atoms with Gasteiger partial charge in [-0.05, 0) is 36.6 Å². The molecule has 2 aromatic rings. The maximum atomic E-state index is 12.8. The average Bonchev–Trinajstić information content (AvgIpc) is 3.31. The Balaban J connectivity index is 1.21. The highest BCUT2D eigenvalue weighted by Crippen LogP contribution is 2.27. The van der Waals surface area contributed by atoms with E-state index in [-0.39, 0.29) is 11.8 Å². The predicted molar refractivity (Wildman–Crippen MR) is 126 cm³/mol. The molecule has 8 heteroatoms. The van der Waals surface area contributed by atoms with Crippen LogP contribution < -0.4 is 4.74 Å². The van der Waals surface area contributed by atoms with Crippen LogP contribution in [0.4, 0.5) is 0 Å². The Morgan fingerprint density at radius 2 is 1.72 bits per heavy atom. The van der Waals surface area contributed by atoms with E-state index < -0.39 is 0 Å². The Morgan fingerprint density at radius 3 is 2.44 bits per heavy atom. The molecule has 1 aromatic heterocycles. The fraction of sp³-hybridized carbons (Fsp3) is 0.542. The standard InChI is InChI=1S/C24H30ClN3O3S/c25-19-7-9-20(10-8-19)31-16-22-26-21(17-32-22)24(30)28-14-12-27(13-15-28)23(29)11-6-18-4-2-1-3-5-18/h7-10,17-18H,1-6,11-16H2. The molecular formula is C24H30ClN3O3S. The van der Waals surface area contributed by atoms with E-state index in [1.165, 1.54) is 43.4 Å². The van der Waals surface area contributed by atoms with Crippen molar-refractivity contribution in [2.45, 2.75) is 51.6 Å². The van der Waals surface area contributed by atoms with Crippen molar-refractivity contribution in [3.63, 3.8) is 0 Å². The molecule has 0 unspecified atom stereocenters. The van der Waals surface area contributed by atoms with E-state index in [4.69, 9.17) is 16.3 Å². The van der Waals surface area contributed by atoms with Crippen LogP contribution in [0.5, 0.6) is 5.75 Å². The van der Waals surface area contributed by atoms with Crippen LogP contribution in [0.3, 0.4) is 0 Å². The van der Waals surface area contributed by atoms with Crippen molar-refractivity contribution in [3.05, 3.63) is 45.4 Å². The molecule has 2 heterocycles. The molecule has 2 fully saturated rings. The summed E-state index contributed by atoms with van der Waals surface area (Å²) < 4.78 is 5.71. The smallest absolute Gasteiger partial charge is 0.273 e. The molecule has 2 aliphatic rings. The zero-order valence-corrected chi connectivity index (χ0v) is 19.9. The summed E-state index contributed by atoms with van der Waals surface area (Å²) >= 11 is 7.30. The largest absolute Gasteiger partial charge is 0.486 e. The van der Waals surface area contributed by atoms with Crippen LogP contribution in [0.15, 0.2) is 29.6 Å². The predicted octanol–water partition coefficient (Wildman–Crippen LogP) is 5.02. The number of nitrogens with zero attached hydrogens (tertiary/aromatic N) is 3. The number of hydrogen-bond donors (Lipinski definition) is 0. The van der Waals surface area contributed by atoms with Gasteiger partial charge in [0.05, 0.1) is 0 Å². The number of amides is 2. The third kappa shape index (κ3) is 6.23. The molecule has 0 bridgehead atoms. The van der Waals surface area contributed by atoms with E-state index in [0.29, 0.717) is 55.7 Å². The van der Waals surface area contributed by atoms with Crippen LogP contribution in [-0.2, 0) is 11.4 Å². The first-order valence-electron chi connectivity index (χ1n) is 11.5. The monoisotopic (exact) mass is 475 g/mol. The zero-order chi connectivity index (χ0) is 22.3. The lowest BCUT2D eigenvalue weighted by molar-refractivity contribution is -0.133. The summed E-state index contributed by atoms with van der Waals surface area (Å²) in [6.45, 7) is 2.63. The average molecular weight is 476 g/mol. The SMILES string of the molecule is O=C(CCC1CCCCC1)N1CCN(C(=O)c2csc(COc3ccc(Cl)cc3)n2)CC1. The van der Waals surface area contributed by atoms with E-state index in [9.17, 15) is 9.59 Å². The molecule has 0 radical (unpaired) electrons. The number of halogens is 1. The summed E-state index contributed by atoms with van der Waals surface area (Å²) in [6, 6.07) is 7.15. The molecule has 172 valence electrons. The van der Waals surface area contributed by atoms with Gasteiger partial charge in [-0.3, -0.25) is 9.59 Å². The third-order valence-electron chi connectivity index (χ3n) is 6.36. The zero-order valence-electron chi connectivity index (χ0n) is 18.3. The first-order valence-corrected chi connectivity index (χ1v) is 12.7. The Hall–Kier alpha value is -2.12. The fourth-order valence-electron chi connectivity index (χ4n) is 4.43. The minimum absolute atomic E-state index is 0.0757. The van der Waals surface area contributed by atoms with Gasteiger partial charge in [-0.15, -0.1) is 11.3 Å². The number of piperazine rings is 1. The van der Waals surface area contributed by atoms with E-state index in [2.05, 4.69) is 4.98 Å². The van der Waals surface area contributed by atoms with Crippen molar-refractivity contribution in [2.75, 3.05) is 26.2 Å². The van der Waals surface area contributed by atoms with E-state index in [0.717, 1.165) is 17.3 Å².